The number of nitrogens with one attached hydrogen (secondary N) is 1. The van der Waals surface area contributed by atoms with Gasteiger partial charge in [0, 0.05) is 42.4 Å². The Bertz CT molecular complexity index is 891. The minimum atomic E-state index is -0.0825. The molecule has 1 atom stereocenters. The number of hydrogen-bond donors (Lipinski definition) is 1. The first-order valence-corrected chi connectivity index (χ1v) is 8.14. The lowest BCUT2D eigenvalue weighted by molar-refractivity contribution is 0.0771. The molecule has 128 valence electrons. The van der Waals surface area contributed by atoms with Gasteiger partial charge in [0.05, 0.1) is 13.7 Å². The Morgan fingerprint density at radius 3 is 2.84 bits per heavy atom. The van der Waals surface area contributed by atoms with Crippen molar-refractivity contribution in [3.63, 3.8) is 0 Å². The van der Waals surface area contributed by atoms with E-state index in [-0.39, 0.29) is 12.0 Å². The summed E-state index contributed by atoms with van der Waals surface area (Å²) in [6, 6.07) is 11.1. The van der Waals surface area contributed by atoms with E-state index in [9.17, 15) is 4.79 Å². The van der Waals surface area contributed by atoms with Crippen molar-refractivity contribution in [2.24, 2.45) is 0 Å². The normalized spacial score (nSPS) is 17.0. The van der Waals surface area contributed by atoms with Crippen molar-refractivity contribution in [2.75, 3.05) is 20.2 Å². The second-order valence-electron chi connectivity index (χ2n) is 5.97. The van der Waals surface area contributed by atoms with Gasteiger partial charge in [-0.1, -0.05) is 6.07 Å². The van der Waals surface area contributed by atoms with Crippen LogP contribution in [0, 0.1) is 0 Å². The number of benzene rings is 1. The molecule has 0 aliphatic carbocycles. The summed E-state index contributed by atoms with van der Waals surface area (Å²) in [5.41, 5.74) is 1.64. The smallest absolute Gasteiger partial charge is 0.254 e. The average molecular weight is 338 g/mol. The molecule has 2 aromatic heterocycles. The number of carbonyl (C=O) groups is 1. The van der Waals surface area contributed by atoms with E-state index < -0.39 is 0 Å². The number of ether oxygens (including phenoxy) is 2. The van der Waals surface area contributed by atoms with Crippen LogP contribution in [0.1, 0.15) is 16.8 Å². The summed E-state index contributed by atoms with van der Waals surface area (Å²) < 4.78 is 10.8. The van der Waals surface area contributed by atoms with Crippen LogP contribution in [0.4, 0.5) is 0 Å². The molecular formula is C18H18N4O3. The Labute approximate surface area is 144 Å². The minimum absolute atomic E-state index is 0.0171. The van der Waals surface area contributed by atoms with E-state index in [4.69, 9.17) is 9.47 Å². The van der Waals surface area contributed by atoms with Crippen molar-refractivity contribution in [2.45, 2.75) is 12.5 Å². The van der Waals surface area contributed by atoms with Crippen molar-refractivity contribution < 1.29 is 14.3 Å². The zero-order valence-electron chi connectivity index (χ0n) is 13.8. The second-order valence-corrected chi connectivity index (χ2v) is 5.97. The Hall–Kier alpha value is -3.09. The molecule has 0 unspecified atom stereocenters. The number of aromatic nitrogens is 3. The van der Waals surface area contributed by atoms with Crippen LogP contribution in [0.5, 0.6) is 11.8 Å². The number of likely N-dealkylation sites (tertiary alicyclic amines) is 1. The third kappa shape index (κ3) is 3.13. The zero-order valence-corrected chi connectivity index (χ0v) is 13.8. The predicted molar refractivity (Wildman–Crippen MR) is 91.8 cm³/mol. The van der Waals surface area contributed by atoms with E-state index in [1.807, 2.05) is 35.4 Å². The highest BCUT2D eigenvalue weighted by Gasteiger charge is 2.28. The van der Waals surface area contributed by atoms with Gasteiger partial charge < -0.3 is 19.4 Å². The van der Waals surface area contributed by atoms with Crippen molar-refractivity contribution in [3.8, 4) is 11.8 Å². The van der Waals surface area contributed by atoms with E-state index in [1.165, 1.54) is 7.11 Å². The molecule has 3 heterocycles. The monoisotopic (exact) mass is 338 g/mol. The number of amides is 1. The molecule has 0 saturated carbocycles. The largest absolute Gasteiger partial charge is 0.480 e. The van der Waals surface area contributed by atoms with E-state index >= 15 is 0 Å². The van der Waals surface area contributed by atoms with Crippen LogP contribution < -0.4 is 9.47 Å². The van der Waals surface area contributed by atoms with Crippen molar-refractivity contribution in [1.82, 2.24) is 20.1 Å². The van der Waals surface area contributed by atoms with Crippen LogP contribution in [0.25, 0.3) is 10.9 Å². The maximum absolute atomic E-state index is 12.7. The number of rotatable bonds is 4. The highest BCUT2D eigenvalue weighted by molar-refractivity contribution is 5.98. The van der Waals surface area contributed by atoms with Crippen LogP contribution in [-0.2, 0) is 0 Å². The summed E-state index contributed by atoms with van der Waals surface area (Å²) in [4.78, 5) is 17.7. The van der Waals surface area contributed by atoms with Gasteiger partial charge in [0.2, 0.25) is 11.8 Å². The van der Waals surface area contributed by atoms with Gasteiger partial charge in [-0.25, -0.2) is 0 Å². The number of carbonyl (C=O) groups excluding carboxylic acids is 1. The summed E-state index contributed by atoms with van der Waals surface area (Å²) in [6.45, 7) is 1.20. The first kappa shape index (κ1) is 15.4. The third-order valence-electron chi connectivity index (χ3n) is 4.35. The molecule has 1 aliphatic heterocycles. The van der Waals surface area contributed by atoms with E-state index in [2.05, 4.69) is 15.2 Å². The molecule has 1 N–H and O–H groups in total. The summed E-state index contributed by atoms with van der Waals surface area (Å²) in [5, 5.41) is 8.94. The molecule has 1 aromatic carbocycles. The van der Waals surface area contributed by atoms with Crippen molar-refractivity contribution >= 4 is 16.8 Å². The summed E-state index contributed by atoms with van der Waals surface area (Å²) in [5.74, 6) is 0.895. The fraction of sp³-hybridized carbons (Fsp3) is 0.278. The average Bonchev–Trinajstić information content (AvgIpc) is 3.30. The van der Waals surface area contributed by atoms with E-state index in [0.717, 1.165) is 17.3 Å². The Kier molecular flexibility index (Phi) is 3.97. The van der Waals surface area contributed by atoms with Gasteiger partial charge in [-0.15, -0.1) is 10.2 Å². The number of hydrogen-bond acceptors (Lipinski definition) is 5. The summed E-state index contributed by atoms with van der Waals surface area (Å²) in [6.07, 6.45) is 2.56. The standard InChI is InChI=1S/C18H18N4O3/c1-24-16-4-5-17(21-20-16)25-14-7-9-22(11-14)18(23)13-3-2-12-6-8-19-15(12)10-13/h2-6,8,10,14,19H,7,9,11H2,1H3/t14-/m0/s1. The third-order valence-corrected chi connectivity index (χ3v) is 4.35. The van der Waals surface area contributed by atoms with Gasteiger partial charge in [0.1, 0.15) is 6.10 Å². The van der Waals surface area contributed by atoms with Crippen molar-refractivity contribution in [3.05, 3.63) is 48.2 Å². The zero-order chi connectivity index (χ0) is 17.2. The molecule has 3 aromatic rings. The lowest BCUT2D eigenvalue weighted by atomic mass is 10.1. The van der Waals surface area contributed by atoms with Gasteiger partial charge in [0.25, 0.3) is 5.91 Å². The predicted octanol–water partition coefficient (Wildman–Crippen LogP) is 2.26. The quantitative estimate of drug-likeness (QED) is 0.789. The van der Waals surface area contributed by atoms with Crippen molar-refractivity contribution in [1.29, 1.82) is 0 Å². The highest BCUT2D eigenvalue weighted by Crippen LogP contribution is 2.21. The highest BCUT2D eigenvalue weighted by atomic mass is 16.5. The molecule has 0 bridgehead atoms. The fourth-order valence-corrected chi connectivity index (χ4v) is 3.02. The topological polar surface area (TPSA) is 80.3 Å². The second kappa shape index (κ2) is 6.43. The Morgan fingerprint density at radius 1 is 1.20 bits per heavy atom. The Balaban J connectivity index is 1.41. The van der Waals surface area contributed by atoms with E-state index in [0.29, 0.717) is 30.4 Å². The molecule has 1 fully saturated rings. The number of nitrogens with zero attached hydrogens (tertiary/aromatic N) is 3. The maximum atomic E-state index is 12.7. The van der Waals surface area contributed by atoms with Crippen LogP contribution in [0.3, 0.4) is 0 Å². The number of H-pyrrole nitrogens is 1. The molecule has 1 aliphatic rings. The molecule has 1 saturated heterocycles. The van der Waals surface area contributed by atoms with Crippen LogP contribution in [0.15, 0.2) is 42.6 Å². The van der Waals surface area contributed by atoms with Gasteiger partial charge >= 0.3 is 0 Å². The van der Waals surface area contributed by atoms with Gasteiger partial charge in [-0.2, -0.15) is 0 Å². The van der Waals surface area contributed by atoms with Gasteiger partial charge in [-0.05, 0) is 23.6 Å². The lowest BCUT2D eigenvalue weighted by Crippen LogP contribution is -2.31. The molecule has 7 heteroatoms. The molecule has 0 spiro atoms. The van der Waals surface area contributed by atoms with E-state index in [1.54, 1.807) is 12.1 Å². The number of fused-ring (bicyclic) bond motifs is 1. The molecule has 7 nitrogen and oxygen atoms in total. The van der Waals surface area contributed by atoms with Crippen LogP contribution in [-0.4, -0.2) is 52.3 Å². The van der Waals surface area contributed by atoms with Crippen LogP contribution >= 0.6 is 0 Å². The molecule has 25 heavy (non-hydrogen) atoms. The summed E-state index contributed by atoms with van der Waals surface area (Å²) >= 11 is 0. The Morgan fingerprint density at radius 2 is 2.04 bits per heavy atom. The minimum Gasteiger partial charge on any atom is -0.480 e. The van der Waals surface area contributed by atoms with Crippen LogP contribution in [0.2, 0.25) is 0 Å². The molecule has 0 radical (unpaired) electrons. The first-order valence-electron chi connectivity index (χ1n) is 8.14. The van der Waals surface area contributed by atoms with Gasteiger partial charge in [0.15, 0.2) is 0 Å². The fourth-order valence-electron chi connectivity index (χ4n) is 3.02. The molecule has 1 amide bonds. The SMILES string of the molecule is COc1ccc(O[C@H]2CCN(C(=O)c3ccc4cc[nH]c4c3)C2)nn1. The maximum Gasteiger partial charge on any atom is 0.254 e. The molecule has 4 rings (SSSR count). The van der Waals surface area contributed by atoms with Gasteiger partial charge in [-0.3, -0.25) is 4.79 Å². The molecular weight excluding hydrogens is 320 g/mol. The first-order chi connectivity index (χ1) is 12.2. The number of aromatic amines is 1. The lowest BCUT2D eigenvalue weighted by Gasteiger charge is -2.17. The number of methoxy groups -OCH3 is 1. The summed E-state index contributed by atoms with van der Waals surface area (Å²) in [7, 11) is 1.54.